The van der Waals surface area contributed by atoms with Gasteiger partial charge in [0.2, 0.25) is 0 Å². The third kappa shape index (κ3) is 3.77. The molecule has 0 aliphatic heterocycles. The van der Waals surface area contributed by atoms with Gasteiger partial charge < -0.3 is 14.6 Å². The molecule has 1 amide bonds. The van der Waals surface area contributed by atoms with Crippen LogP contribution in [0, 0.1) is 11.3 Å². The molecule has 1 fully saturated rings. The van der Waals surface area contributed by atoms with Crippen molar-refractivity contribution in [2.45, 2.75) is 38.3 Å². The normalized spacial score (nSPS) is 15.0. The molecule has 1 N–H and O–H groups in total. The molecule has 0 unspecified atom stereocenters. The summed E-state index contributed by atoms with van der Waals surface area (Å²) >= 11 is 0. The number of esters is 1. The van der Waals surface area contributed by atoms with Crippen molar-refractivity contribution >= 4 is 28.9 Å². The van der Waals surface area contributed by atoms with Crippen LogP contribution in [-0.4, -0.2) is 29.6 Å². The molecule has 1 saturated carbocycles. The number of fused-ring (bicyclic) bond motifs is 1. The van der Waals surface area contributed by atoms with Gasteiger partial charge in [0.1, 0.15) is 18.2 Å². The van der Waals surface area contributed by atoms with Gasteiger partial charge in [0.25, 0.3) is 5.91 Å². The summed E-state index contributed by atoms with van der Waals surface area (Å²) < 4.78 is 6.50. The van der Waals surface area contributed by atoms with E-state index in [0.29, 0.717) is 0 Å². The van der Waals surface area contributed by atoms with E-state index < -0.39 is 0 Å². The average Bonchev–Trinajstić information content (AvgIpc) is 3.28. The largest absolute Gasteiger partial charge is 0.468 e. The first-order valence-corrected chi connectivity index (χ1v) is 8.69. The monoisotopic (exact) mass is 351 g/mol. The Hall–Kier alpha value is -3.07. The molecule has 6 heteroatoms. The van der Waals surface area contributed by atoms with Gasteiger partial charge in [-0.15, -0.1) is 0 Å². The van der Waals surface area contributed by atoms with Gasteiger partial charge in [0, 0.05) is 28.7 Å². The summed E-state index contributed by atoms with van der Waals surface area (Å²) in [6.07, 6.45) is 7.49. The summed E-state index contributed by atoms with van der Waals surface area (Å²) in [7, 11) is 1.34. The van der Waals surface area contributed by atoms with Gasteiger partial charge >= 0.3 is 5.97 Å². The van der Waals surface area contributed by atoms with Crippen LogP contribution < -0.4 is 5.32 Å². The van der Waals surface area contributed by atoms with Gasteiger partial charge in [-0.05, 0) is 25.0 Å². The number of nitrogens with zero attached hydrogens (tertiary/aromatic N) is 2. The van der Waals surface area contributed by atoms with Crippen LogP contribution in [0.5, 0.6) is 0 Å². The molecule has 1 aromatic heterocycles. The van der Waals surface area contributed by atoms with E-state index in [2.05, 4.69) is 5.32 Å². The first kappa shape index (κ1) is 17.7. The van der Waals surface area contributed by atoms with E-state index in [1.54, 1.807) is 16.8 Å². The van der Waals surface area contributed by atoms with Crippen LogP contribution >= 0.6 is 0 Å². The Morgan fingerprint density at radius 2 is 2.08 bits per heavy atom. The van der Waals surface area contributed by atoms with Crippen molar-refractivity contribution in [3.05, 3.63) is 41.6 Å². The first-order valence-electron chi connectivity index (χ1n) is 8.69. The van der Waals surface area contributed by atoms with Crippen molar-refractivity contribution in [2.75, 3.05) is 7.11 Å². The number of amides is 1. The van der Waals surface area contributed by atoms with Gasteiger partial charge in [-0.2, -0.15) is 5.26 Å². The number of aromatic nitrogens is 1. The molecule has 1 aromatic carbocycles. The number of benzene rings is 1. The smallest absolute Gasteiger partial charge is 0.325 e. The molecular weight excluding hydrogens is 330 g/mol. The SMILES string of the molecule is COC(=O)Cn1cc(/C=C(/C#N)C(=O)NC2CCCC2)c2ccccc21. The molecule has 3 rings (SSSR count). The third-order valence-corrected chi connectivity index (χ3v) is 4.70. The van der Waals surface area contributed by atoms with E-state index in [-0.39, 0.29) is 30.0 Å². The lowest BCUT2D eigenvalue weighted by Gasteiger charge is -2.10. The zero-order chi connectivity index (χ0) is 18.5. The molecule has 0 spiro atoms. The van der Waals surface area contributed by atoms with Gasteiger partial charge in [-0.3, -0.25) is 9.59 Å². The zero-order valence-electron chi connectivity index (χ0n) is 14.7. The number of para-hydroxylation sites is 1. The Kier molecular flexibility index (Phi) is 5.37. The van der Waals surface area contributed by atoms with Crippen LogP contribution in [0.25, 0.3) is 17.0 Å². The molecule has 1 aliphatic carbocycles. The number of hydrogen-bond acceptors (Lipinski definition) is 4. The lowest BCUT2D eigenvalue weighted by atomic mass is 10.1. The maximum Gasteiger partial charge on any atom is 0.325 e. The summed E-state index contributed by atoms with van der Waals surface area (Å²) in [6, 6.07) is 9.70. The minimum absolute atomic E-state index is 0.0675. The second-order valence-corrected chi connectivity index (χ2v) is 6.43. The summed E-state index contributed by atoms with van der Waals surface area (Å²) in [5.41, 5.74) is 1.64. The van der Waals surface area contributed by atoms with Crippen molar-refractivity contribution in [1.82, 2.24) is 9.88 Å². The lowest BCUT2D eigenvalue weighted by molar-refractivity contribution is -0.141. The maximum absolute atomic E-state index is 12.4. The Labute approximate surface area is 152 Å². The number of hydrogen-bond donors (Lipinski definition) is 1. The zero-order valence-corrected chi connectivity index (χ0v) is 14.7. The summed E-state index contributed by atoms with van der Waals surface area (Å²) in [4.78, 5) is 24.1. The summed E-state index contributed by atoms with van der Waals surface area (Å²) in [5, 5.41) is 13.2. The van der Waals surface area contributed by atoms with E-state index in [1.165, 1.54) is 7.11 Å². The van der Waals surface area contributed by atoms with E-state index in [9.17, 15) is 14.9 Å². The summed E-state index contributed by atoms with van der Waals surface area (Å²) in [6.45, 7) is 0.0704. The Morgan fingerprint density at radius 1 is 1.35 bits per heavy atom. The second kappa shape index (κ2) is 7.87. The highest BCUT2D eigenvalue weighted by Crippen LogP contribution is 2.24. The molecule has 0 saturated heterocycles. The van der Waals surface area contributed by atoms with Crippen LogP contribution in [0.4, 0.5) is 0 Å². The predicted molar refractivity (Wildman–Crippen MR) is 97.9 cm³/mol. The molecule has 6 nitrogen and oxygen atoms in total. The Bertz CT molecular complexity index is 899. The first-order chi connectivity index (χ1) is 12.6. The van der Waals surface area contributed by atoms with Crippen molar-refractivity contribution in [3.63, 3.8) is 0 Å². The van der Waals surface area contributed by atoms with Crippen LogP contribution in [0.3, 0.4) is 0 Å². The molecule has 2 aromatic rings. The highest BCUT2D eigenvalue weighted by molar-refractivity contribution is 6.04. The van der Waals surface area contributed by atoms with Crippen LogP contribution in [-0.2, 0) is 20.9 Å². The molecule has 1 heterocycles. The fourth-order valence-corrected chi connectivity index (χ4v) is 3.36. The number of carbonyl (C=O) groups excluding carboxylic acids is 2. The third-order valence-electron chi connectivity index (χ3n) is 4.70. The highest BCUT2D eigenvalue weighted by atomic mass is 16.5. The quantitative estimate of drug-likeness (QED) is 0.510. The highest BCUT2D eigenvalue weighted by Gasteiger charge is 2.20. The molecule has 26 heavy (non-hydrogen) atoms. The number of rotatable bonds is 5. The number of methoxy groups -OCH3 is 1. The van der Waals surface area contributed by atoms with Crippen molar-refractivity contribution in [3.8, 4) is 6.07 Å². The summed E-state index contributed by atoms with van der Waals surface area (Å²) in [5.74, 6) is -0.704. The fourth-order valence-electron chi connectivity index (χ4n) is 3.36. The number of nitriles is 1. The maximum atomic E-state index is 12.4. The molecule has 0 radical (unpaired) electrons. The predicted octanol–water partition coefficient (Wildman–Crippen LogP) is 2.78. The molecule has 0 bridgehead atoms. The standard InChI is InChI=1S/C20H21N3O3/c1-26-19(24)13-23-12-15(17-8-4-5-9-18(17)23)10-14(11-21)20(25)22-16-6-2-3-7-16/h4-5,8-10,12,16H,2-3,6-7,13H2,1H3,(H,22,25)/b14-10-. The van der Waals surface area contributed by atoms with Gasteiger partial charge in [-0.25, -0.2) is 0 Å². The minimum atomic E-state index is -0.360. The molecule has 1 aliphatic rings. The van der Waals surface area contributed by atoms with Crippen LogP contribution in [0.15, 0.2) is 36.0 Å². The van der Waals surface area contributed by atoms with E-state index in [1.807, 2.05) is 30.3 Å². The minimum Gasteiger partial charge on any atom is -0.468 e. The van der Waals surface area contributed by atoms with E-state index in [4.69, 9.17) is 4.74 Å². The van der Waals surface area contributed by atoms with E-state index in [0.717, 1.165) is 42.1 Å². The lowest BCUT2D eigenvalue weighted by Crippen LogP contribution is -2.33. The second-order valence-electron chi connectivity index (χ2n) is 6.43. The van der Waals surface area contributed by atoms with Gasteiger partial charge in [0.05, 0.1) is 7.11 Å². The van der Waals surface area contributed by atoms with E-state index >= 15 is 0 Å². The van der Waals surface area contributed by atoms with Crippen molar-refractivity contribution in [2.24, 2.45) is 0 Å². The van der Waals surface area contributed by atoms with Crippen LogP contribution in [0.1, 0.15) is 31.2 Å². The van der Waals surface area contributed by atoms with Gasteiger partial charge in [-0.1, -0.05) is 31.0 Å². The number of carbonyl (C=O) groups is 2. The van der Waals surface area contributed by atoms with Gasteiger partial charge in [0.15, 0.2) is 0 Å². The van der Waals surface area contributed by atoms with Crippen molar-refractivity contribution in [1.29, 1.82) is 5.26 Å². The molecule has 134 valence electrons. The van der Waals surface area contributed by atoms with Crippen LogP contribution in [0.2, 0.25) is 0 Å². The van der Waals surface area contributed by atoms with Crippen molar-refractivity contribution < 1.29 is 14.3 Å². The topological polar surface area (TPSA) is 84.1 Å². The Morgan fingerprint density at radius 3 is 2.77 bits per heavy atom. The number of ether oxygens (including phenoxy) is 1. The molecular formula is C20H21N3O3. The number of nitrogens with one attached hydrogen (secondary N) is 1. The average molecular weight is 351 g/mol. The molecule has 0 atom stereocenters. The Balaban J connectivity index is 1.92. The fraction of sp³-hybridized carbons (Fsp3) is 0.350.